The van der Waals surface area contributed by atoms with Gasteiger partial charge in [0.15, 0.2) is 0 Å². The summed E-state index contributed by atoms with van der Waals surface area (Å²) in [4.78, 5) is 19.3. The minimum Gasteiger partial charge on any atom is -0.385 e. The molecule has 1 saturated heterocycles. The molecule has 1 amide bonds. The number of nitrogens with zero attached hydrogens (tertiary/aromatic N) is 4. The fraction of sp³-hybridized carbons (Fsp3) is 0.500. The molecule has 2 aromatic rings. The lowest BCUT2D eigenvalue weighted by Gasteiger charge is -2.42. The van der Waals surface area contributed by atoms with E-state index < -0.39 is 6.10 Å². The van der Waals surface area contributed by atoms with Gasteiger partial charge in [-0.3, -0.25) is 9.69 Å². The first-order valence-corrected chi connectivity index (χ1v) is 10.4. The Morgan fingerprint density at radius 1 is 1.17 bits per heavy atom. The number of rotatable bonds is 4. The fourth-order valence-electron chi connectivity index (χ4n) is 4.61. The van der Waals surface area contributed by atoms with Crippen LogP contribution in [-0.2, 0) is 7.05 Å². The largest absolute Gasteiger partial charge is 0.385 e. The number of benzene rings is 1. The summed E-state index contributed by atoms with van der Waals surface area (Å²) in [6.07, 6.45) is 2.00. The van der Waals surface area contributed by atoms with Gasteiger partial charge in [0, 0.05) is 58.2 Å². The Balaban J connectivity index is 1.54. The molecule has 7 heteroatoms. The first-order chi connectivity index (χ1) is 14.0. The predicted octanol–water partition coefficient (Wildman–Crippen LogP) is 2.25. The molecular weight excluding hydrogens is 371 g/mol. The third kappa shape index (κ3) is 3.76. The Hall–Kier alpha value is -2.38. The number of aromatic nitrogens is 1. The molecule has 156 valence electrons. The smallest absolute Gasteiger partial charge is 0.255 e. The predicted molar refractivity (Wildman–Crippen MR) is 111 cm³/mol. The van der Waals surface area contributed by atoms with Crippen LogP contribution in [-0.4, -0.2) is 70.7 Å². The van der Waals surface area contributed by atoms with Gasteiger partial charge in [0.25, 0.3) is 5.91 Å². The van der Waals surface area contributed by atoms with Gasteiger partial charge in [0.1, 0.15) is 11.9 Å². The Morgan fingerprint density at radius 2 is 1.93 bits per heavy atom. The summed E-state index contributed by atoms with van der Waals surface area (Å²) < 4.78 is 15.4. The normalized spacial score (nSPS) is 23.2. The number of hydrogen-bond acceptors (Lipinski definition) is 4. The van der Waals surface area contributed by atoms with Gasteiger partial charge in [0.05, 0.1) is 17.3 Å². The van der Waals surface area contributed by atoms with Crippen LogP contribution in [0.3, 0.4) is 0 Å². The van der Waals surface area contributed by atoms with Gasteiger partial charge < -0.3 is 19.5 Å². The van der Waals surface area contributed by atoms with E-state index >= 15 is 0 Å². The molecule has 1 N–H and O–H groups in total. The topological polar surface area (TPSA) is 52.0 Å². The van der Waals surface area contributed by atoms with Gasteiger partial charge >= 0.3 is 0 Å². The quantitative estimate of drug-likeness (QED) is 0.855. The Labute approximate surface area is 171 Å². The summed E-state index contributed by atoms with van der Waals surface area (Å²) in [6.45, 7) is 6.29. The molecule has 0 aliphatic carbocycles. The maximum absolute atomic E-state index is 13.6. The zero-order valence-corrected chi connectivity index (χ0v) is 17.1. The highest BCUT2D eigenvalue weighted by molar-refractivity contribution is 5.96. The zero-order valence-electron chi connectivity index (χ0n) is 17.1. The lowest BCUT2D eigenvalue weighted by molar-refractivity contribution is 0.0248. The summed E-state index contributed by atoms with van der Waals surface area (Å²) in [5, 5.41) is 11.2. The Morgan fingerprint density at radius 3 is 2.62 bits per heavy atom. The number of hydrogen-bond donors (Lipinski definition) is 1. The van der Waals surface area contributed by atoms with Crippen LogP contribution < -0.4 is 4.90 Å². The minimum atomic E-state index is -0.725. The lowest BCUT2D eigenvalue weighted by Crippen LogP contribution is -2.55. The zero-order chi connectivity index (χ0) is 20.5. The molecular formula is C22H29FN4O2. The summed E-state index contributed by atoms with van der Waals surface area (Å²) >= 11 is 0. The first-order valence-electron chi connectivity index (χ1n) is 10.4. The van der Waals surface area contributed by atoms with Crippen LogP contribution in [0.1, 0.15) is 35.5 Å². The van der Waals surface area contributed by atoms with Crippen molar-refractivity contribution in [2.75, 3.05) is 44.2 Å². The fourth-order valence-corrected chi connectivity index (χ4v) is 4.61. The monoisotopic (exact) mass is 400 g/mol. The molecule has 2 aliphatic heterocycles. The molecule has 1 fully saturated rings. The molecule has 0 bridgehead atoms. The molecule has 2 atom stereocenters. The van der Waals surface area contributed by atoms with Gasteiger partial charge in [0.2, 0.25) is 0 Å². The van der Waals surface area contributed by atoms with Crippen LogP contribution >= 0.6 is 0 Å². The van der Waals surface area contributed by atoms with Crippen LogP contribution in [0, 0.1) is 5.82 Å². The minimum absolute atomic E-state index is 0.00222. The van der Waals surface area contributed by atoms with Crippen molar-refractivity contribution < 1.29 is 14.3 Å². The molecule has 0 radical (unpaired) electrons. The van der Waals surface area contributed by atoms with E-state index in [1.807, 2.05) is 34.8 Å². The number of fused-ring (bicyclic) bond motifs is 1. The maximum Gasteiger partial charge on any atom is 0.255 e. The van der Waals surface area contributed by atoms with Gasteiger partial charge in [-0.1, -0.05) is 13.0 Å². The molecule has 0 spiro atoms. The van der Waals surface area contributed by atoms with Crippen molar-refractivity contribution in [3.05, 3.63) is 53.6 Å². The maximum atomic E-state index is 13.6. The molecule has 6 nitrogen and oxygen atoms in total. The molecule has 0 saturated carbocycles. The van der Waals surface area contributed by atoms with E-state index in [0.717, 1.165) is 38.3 Å². The van der Waals surface area contributed by atoms with E-state index in [2.05, 4.69) is 16.7 Å². The number of aliphatic hydroxyl groups is 1. The second kappa shape index (κ2) is 8.16. The second-order valence-electron chi connectivity index (χ2n) is 7.99. The highest BCUT2D eigenvalue weighted by Crippen LogP contribution is 2.31. The summed E-state index contributed by atoms with van der Waals surface area (Å²) in [6, 6.07) is 8.34. The van der Waals surface area contributed by atoms with E-state index in [1.54, 1.807) is 12.1 Å². The SMILES string of the molecule is CCCN1CC(N2CCN(c3cccc(F)c3)CC2)C(O)c2c(ccn2C)C1=O. The van der Waals surface area contributed by atoms with E-state index in [9.17, 15) is 14.3 Å². The number of carbonyl (C=O) groups is 1. The summed E-state index contributed by atoms with van der Waals surface area (Å²) in [7, 11) is 1.88. The van der Waals surface area contributed by atoms with E-state index in [0.29, 0.717) is 24.3 Å². The molecule has 2 unspecified atom stereocenters. The van der Waals surface area contributed by atoms with Crippen LogP contribution in [0.5, 0.6) is 0 Å². The van der Waals surface area contributed by atoms with Crippen molar-refractivity contribution in [2.24, 2.45) is 7.05 Å². The van der Waals surface area contributed by atoms with Crippen molar-refractivity contribution in [3.8, 4) is 0 Å². The second-order valence-corrected chi connectivity index (χ2v) is 7.99. The third-order valence-electron chi connectivity index (χ3n) is 6.14. The van der Waals surface area contributed by atoms with Crippen LogP contribution in [0.15, 0.2) is 36.5 Å². The van der Waals surface area contributed by atoms with Crippen molar-refractivity contribution in [2.45, 2.75) is 25.5 Å². The van der Waals surface area contributed by atoms with Gasteiger partial charge in [-0.2, -0.15) is 0 Å². The van der Waals surface area contributed by atoms with Gasteiger partial charge in [-0.15, -0.1) is 0 Å². The average molecular weight is 400 g/mol. The highest BCUT2D eigenvalue weighted by atomic mass is 19.1. The standard InChI is InChI=1S/C22H29FN4O2/c1-3-8-27-15-19(21(28)20-18(22(27)29)7-9-24(20)2)26-12-10-25(11-13-26)17-6-4-5-16(23)14-17/h4-7,9,14,19,21,28H,3,8,10-13,15H2,1-2H3. The highest BCUT2D eigenvalue weighted by Gasteiger charge is 2.39. The number of aliphatic hydroxyl groups excluding tert-OH is 1. The van der Waals surface area contributed by atoms with Crippen molar-refractivity contribution in [1.29, 1.82) is 0 Å². The van der Waals surface area contributed by atoms with Crippen LogP contribution in [0.25, 0.3) is 0 Å². The number of amides is 1. The Kier molecular flexibility index (Phi) is 5.61. The van der Waals surface area contributed by atoms with Crippen molar-refractivity contribution in [1.82, 2.24) is 14.4 Å². The average Bonchev–Trinajstić information content (AvgIpc) is 3.07. The lowest BCUT2D eigenvalue weighted by atomic mass is 10.0. The van der Waals surface area contributed by atoms with E-state index in [-0.39, 0.29) is 17.8 Å². The number of aryl methyl sites for hydroxylation is 1. The van der Waals surface area contributed by atoms with Crippen molar-refractivity contribution in [3.63, 3.8) is 0 Å². The van der Waals surface area contributed by atoms with Gasteiger partial charge in [-0.25, -0.2) is 4.39 Å². The Bertz CT molecular complexity index is 875. The van der Waals surface area contributed by atoms with Gasteiger partial charge in [-0.05, 0) is 30.7 Å². The number of anilines is 1. The summed E-state index contributed by atoms with van der Waals surface area (Å²) in [5.74, 6) is -0.225. The molecule has 4 rings (SSSR count). The molecule has 29 heavy (non-hydrogen) atoms. The number of carbonyl (C=O) groups excluding carboxylic acids is 1. The van der Waals surface area contributed by atoms with E-state index in [4.69, 9.17) is 0 Å². The van der Waals surface area contributed by atoms with E-state index in [1.165, 1.54) is 6.07 Å². The molecule has 1 aromatic carbocycles. The van der Waals surface area contributed by atoms with Crippen molar-refractivity contribution >= 4 is 11.6 Å². The molecule has 1 aromatic heterocycles. The first kappa shape index (κ1) is 19.9. The van der Waals surface area contributed by atoms with Crippen LogP contribution in [0.4, 0.5) is 10.1 Å². The third-order valence-corrected chi connectivity index (χ3v) is 6.14. The molecule has 3 heterocycles. The number of piperazine rings is 1. The summed E-state index contributed by atoms with van der Waals surface area (Å²) in [5.41, 5.74) is 2.19. The number of halogens is 1. The molecule has 2 aliphatic rings. The van der Waals surface area contributed by atoms with Crippen LogP contribution in [0.2, 0.25) is 0 Å².